The quantitative estimate of drug-likeness (QED) is 0.679. The number of aliphatic hydroxyl groups is 2. The van der Waals surface area contributed by atoms with Crippen molar-refractivity contribution >= 4 is 17.5 Å². The van der Waals surface area contributed by atoms with Crippen molar-refractivity contribution in [1.82, 2.24) is 0 Å². The number of esters is 1. The highest BCUT2D eigenvalue weighted by Gasteiger charge is 2.74. The Morgan fingerprint density at radius 3 is 2.63 bits per heavy atom. The fraction of sp³-hybridized carbons (Fsp3) is 0.696. The van der Waals surface area contributed by atoms with Crippen molar-refractivity contribution in [2.24, 2.45) is 22.7 Å². The summed E-state index contributed by atoms with van der Waals surface area (Å²) in [5, 5.41) is 22.6. The van der Waals surface area contributed by atoms with E-state index in [1.54, 1.807) is 19.9 Å². The first kappa shape index (κ1) is 21.4. The third-order valence-corrected chi connectivity index (χ3v) is 8.66. The highest BCUT2D eigenvalue weighted by atomic mass is 19.1. The summed E-state index contributed by atoms with van der Waals surface area (Å²) in [6, 6.07) is 0. The van der Waals surface area contributed by atoms with E-state index in [4.69, 9.17) is 4.74 Å². The van der Waals surface area contributed by atoms with Gasteiger partial charge in [-0.15, -0.1) is 0 Å². The van der Waals surface area contributed by atoms with Crippen LogP contribution in [0.2, 0.25) is 0 Å². The molecule has 0 heterocycles. The summed E-state index contributed by atoms with van der Waals surface area (Å²) < 4.78 is 21.7. The van der Waals surface area contributed by atoms with Crippen molar-refractivity contribution in [3.05, 3.63) is 23.8 Å². The average Bonchev–Trinajstić information content (AvgIpc) is 2.94. The van der Waals surface area contributed by atoms with E-state index in [0.29, 0.717) is 24.8 Å². The predicted molar refractivity (Wildman–Crippen MR) is 105 cm³/mol. The lowest BCUT2D eigenvalue weighted by atomic mass is 9.44. The molecule has 6 nitrogen and oxygen atoms in total. The SMILES string of the molecule is CC(=O)OCC(=O)[C@]1(O)CC[C@H]2[C@@H]3CCC4=CC(=O)C=C[C@]4(C)[C@@]3(F)[C@@H](O)C[C@@]21C. The van der Waals surface area contributed by atoms with Gasteiger partial charge in [-0.25, -0.2) is 4.39 Å². The molecule has 7 heteroatoms. The number of carbonyl (C=O) groups excluding carboxylic acids is 3. The summed E-state index contributed by atoms with van der Waals surface area (Å²) in [5.41, 5.74) is -5.23. The van der Waals surface area contributed by atoms with Crippen molar-refractivity contribution < 1.29 is 33.7 Å². The van der Waals surface area contributed by atoms with Crippen molar-refractivity contribution in [2.45, 2.75) is 70.2 Å². The first-order valence-corrected chi connectivity index (χ1v) is 10.6. The van der Waals surface area contributed by atoms with E-state index in [0.717, 1.165) is 0 Å². The number of halogens is 1. The molecule has 4 rings (SSSR count). The minimum Gasteiger partial charge on any atom is -0.458 e. The standard InChI is InChI=1S/C23H29FO6/c1-13(25)30-12-19(28)22(29)9-7-16-17-5-4-14-10-15(26)6-8-20(14,2)23(17,24)18(27)11-21(16,22)3/h6,8,10,16-18,27,29H,4-5,7,9,11-12H2,1-3H3/t16-,17-,18-,20-,21-,22+,23-/m0/s1. The van der Waals surface area contributed by atoms with Gasteiger partial charge in [0.05, 0.1) is 6.10 Å². The Kier molecular flexibility index (Phi) is 4.68. The summed E-state index contributed by atoms with van der Waals surface area (Å²) in [7, 11) is 0. The maximum Gasteiger partial charge on any atom is 0.303 e. The first-order valence-electron chi connectivity index (χ1n) is 10.6. The van der Waals surface area contributed by atoms with Gasteiger partial charge in [0.1, 0.15) is 5.60 Å². The van der Waals surface area contributed by atoms with E-state index in [-0.39, 0.29) is 24.5 Å². The van der Waals surface area contributed by atoms with E-state index >= 15 is 4.39 Å². The zero-order valence-electron chi connectivity index (χ0n) is 17.6. The van der Waals surface area contributed by atoms with Gasteiger partial charge in [0, 0.05) is 23.7 Å². The average molecular weight is 420 g/mol. The van der Waals surface area contributed by atoms with Gasteiger partial charge in [-0.2, -0.15) is 0 Å². The van der Waals surface area contributed by atoms with Crippen LogP contribution in [0, 0.1) is 22.7 Å². The number of rotatable bonds is 3. The fourth-order valence-corrected chi connectivity index (χ4v) is 6.96. The lowest BCUT2D eigenvalue weighted by molar-refractivity contribution is -0.217. The van der Waals surface area contributed by atoms with Gasteiger partial charge in [0.2, 0.25) is 5.78 Å². The molecule has 0 unspecified atom stereocenters. The van der Waals surface area contributed by atoms with Crippen molar-refractivity contribution in [3.8, 4) is 0 Å². The summed E-state index contributed by atoms with van der Waals surface area (Å²) >= 11 is 0. The molecule has 0 aromatic carbocycles. The summed E-state index contributed by atoms with van der Waals surface area (Å²) in [6.07, 6.45) is 4.47. The fourth-order valence-electron chi connectivity index (χ4n) is 6.96. The van der Waals surface area contributed by atoms with E-state index < -0.39 is 52.5 Å². The summed E-state index contributed by atoms with van der Waals surface area (Å²) in [5.74, 6) is -2.28. The maximum atomic E-state index is 16.9. The van der Waals surface area contributed by atoms with Crippen LogP contribution >= 0.6 is 0 Å². The molecule has 4 aliphatic carbocycles. The Bertz CT molecular complexity index is 879. The van der Waals surface area contributed by atoms with Gasteiger partial charge in [-0.3, -0.25) is 14.4 Å². The lowest BCUT2D eigenvalue weighted by Gasteiger charge is -2.62. The van der Waals surface area contributed by atoms with E-state index in [1.807, 2.05) is 0 Å². The predicted octanol–water partition coefficient (Wildman–Crippen LogP) is 2.22. The van der Waals surface area contributed by atoms with E-state index in [2.05, 4.69) is 0 Å². The number of carbonyl (C=O) groups is 3. The molecule has 164 valence electrons. The van der Waals surface area contributed by atoms with Crippen LogP contribution in [0.3, 0.4) is 0 Å². The molecule has 0 saturated heterocycles. The van der Waals surface area contributed by atoms with Crippen LogP contribution in [-0.2, 0) is 19.1 Å². The van der Waals surface area contributed by atoms with Crippen LogP contribution in [0.15, 0.2) is 23.8 Å². The minimum absolute atomic E-state index is 0.0857. The minimum atomic E-state index is -2.00. The largest absolute Gasteiger partial charge is 0.458 e. The Morgan fingerprint density at radius 2 is 1.97 bits per heavy atom. The van der Waals surface area contributed by atoms with Crippen molar-refractivity contribution in [3.63, 3.8) is 0 Å². The first-order chi connectivity index (χ1) is 13.9. The van der Waals surface area contributed by atoms with Crippen LogP contribution in [0.4, 0.5) is 4.39 Å². The summed E-state index contributed by atoms with van der Waals surface area (Å²) in [4.78, 5) is 35.8. The normalized spacial score (nSPS) is 47.1. The zero-order chi connectivity index (χ0) is 22.1. The number of Topliss-reactive ketones (excluding diaryl/α,β-unsaturated/α-hetero) is 1. The Balaban J connectivity index is 1.72. The number of ketones is 2. The van der Waals surface area contributed by atoms with Gasteiger partial charge in [0.15, 0.2) is 18.1 Å². The molecule has 0 amide bonds. The van der Waals surface area contributed by atoms with Gasteiger partial charge in [-0.1, -0.05) is 18.6 Å². The molecule has 0 aromatic rings. The van der Waals surface area contributed by atoms with Crippen LogP contribution in [0.25, 0.3) is 0 Å². The number of allylic oxidation sites excluding steroid dienone is 4. The van der Waals surface area contributed by atoms with Crippen LogP contribution in [-0.4, -0.2) is 51.7 Å². The number of ether oxygens (including phenoxy) is 1. The molecular weight excluding hydrogens is 391 g/mol. The third-order valence-electron chi connectivity index (χ3n) is 8.66. The summed E-state index contributed by atoms with van der Waals surface area (Å²) in [6.45, 7) is 4.12. The number of aliphatic hydroxyl groups excluding tert-OH is 1. The second kappa shape index (κ2) is 6.57. The molecule has 2 N–H and O–H groups in total. The van der Waals surface area contributed by atoms with Crippen molar-refractivity contribution in [2.75, 3.05) is 6.61 Å². The second-order valence-corrected chi connectivity index (χ2v) is 9.87. The number of alkyl halides is 1. The maximum absolute atomic E-state index is 16.9. The molecule has 0 spiro atoms. The van der Waals surface area contributed by atoms with Crippen LogP contribution < -0.4 is 0 Å². The van der Waals surface area contributed by atoms with Crippen LogP contribution in [0.5, 0.6) is 0 Å². The van der Waals surface area contributed by atoms with Gasteiger partial charge >= 0.3 is 5.97 Å². The highest BCUT2D eigenvalue weighted by molar-refractivity contribution is 6.01. The van der Waals surface area contributed by atoms with Crippen LogP contribution in [0.1, 0.15) is 52.9 Å². The van der Waals surface area contributed by atoms with E-state index in [9.17, 15) is 24.6 Å². The molecule has 0 aliphatic heterocycles. The molecule has 3 fully saturated rings. The highest BCUT2D eigenvalue weighted by Crippen LogP contribution is 2.69. The molecule has 3 saturated carbocycles. The number of hydrogen-bond acceptors (Lipinski definition) is 6. The number of hydrogen-bond donors (Lipinski definition) is 2. The van der Waals surface area contributed by atoms with Gasteiger partial charge in [-0.05, 0) is 57.1 Å². The van der Waals surface area contributed by atoms with Gasteiger partial charge in [0.25, 0.3) is 0 Å². The monoisotopic (exact) mass is 420 g/mol. The van der Waals surface area contributed by atoms with E-state index in [1.165, 1.54) is 19.1 Å². The van der Waals surface area contributed by atoms with Crippen molar-refractivity contribution in [1.29, 1.82) is 0 Å². The van der Waals surface area contributed by atoms with Gasteiger partial charge < -0.3 is 14.9 Å². The topological polar surface area (TPSA) is 101 Å². The molecule has 0 radical (unpaired) electrons. The zero-order valence-corrected chi connectivity index (χ0v) is 17.6. The Hall–Kier alpha value is -1.86. The smallest absolute Gasteiger partial charge is 0.303 e. The number of fused-ring (bicyclic) bond motifs is 5. The molecule has 0 aromatic heterocycles. The second-order valence-electron chi connectivity index (χ2n) is 9.87. The lowest BCUT2D eigenvalue weighted by Crippen LogP contribution is -2.69. The third kappa shape index (κ3) is 2.51. The molecule has 7 atom stereocenters. The molecule has 30 heavy (non-hydrogen) atoms. The Morgan fingerprint density at radius 1 is 1.27 bits per heavy atom. The Labute approximate surface area is 175 Å². The molecule has 4 aliphatic rings. The molecular formula is C23H29FO6. The molecule has 0 bridgehead atoms.